The molecule has 1 unspecified atom stereocenters. The molecular weight excluding hydrogens is 292 g/mol. The number of rotatable bonds is 7. The summed E-state index contributed by atoms with van der Waals surface area (Å²) in [4.78, 5) is 11.3. The fourth-order valence-electron chi connectivity index (χ4n) is 1.92. The highest BCUT2D eigenvalue weighted by atomic mass is 32.2. The second kappa shape index (κ2) is 7.67. The number of hydrogen-bond donors (Lipinski definition) is 1. The Labute approximate surface area is 117 Å². The van der Waals surface area contributed by atoms with E-state index in [1.807, 2.05) is 11.8 Å². The molecule has 1 N–H and O–H groups in total. The van der Waals surface area contributed by atoms with Gasteiger partial charge in [-0.2, -0.15) is 8.42 Å². The number of Topliss-reactive ketones (excluding diaryl/α,β-unsaturated/α-hetero) is 1. The fourth-order valence-corrected chi connectivity index (χ4v) is 5.12. The van der Waals surface area contributed by atoms with Crippen LogP contribution in [-0.4, -0.2) is 41.8 Å². The first kappa shape index (κ1) is 16.2. The Kier molecular flexibility index (Phi) is 6.90. The van der Waals surface area contributed by atoms with E-state index in [0.29, 0.717) is 19.3 Å². The SMILES string of the molecule is CC(=O)CC(CCCS(=O)(=O)O)[C+]1CSCCS1. The van der Waals surface area contributed by atoms with E-state index >= 15 is 0 Å². The van der Waals surface area contributed by atoms with Crippen LogP contribution >= 0.6 is 23.5 Å². The second-order valence-electron chi connectivity index (χ2n) is 4.40. The van der Waals surface area contributed by atoms with Crippen molar-refractivity contribution in [1.29, 1.82) is 0 Å². The van der Waals surface area contributed by atoms with Crippen LogP contribution in [0.25, 0.3) is 0 Å². The number of carbonyl (C=O) groups excluding carboxylic acids is 1. The lowest BCUT2D eigenvalue weighted by Gasteiger charge is -2.18. The fraction of sp³-hybridized carbons (Fsp3) is 0.818. The second-order valence-corrected chi connectivity index (χ2v) is 8.30. The standard InChI is InChI=1S/C11H18O4S3/c1-9(12)7-10(3-2-6-18(13,14)15)11-8-16-4-5-17-11/h10H,2-8H2,1H3/p+1. The molecule has 1 rings (SSSR count). The third-order valence-electron chi connectivity index (χ3n) is 2.70. The van der Waals surface area contributed by atoms with Crippen molar-refractivity contribution in [2.24, 2.45) is 5.92 Å². The average molecular weight is 311 g/mol. The Bertz CT molecular complexity index is 360. The van der Waals surface area contributed by atoms with Gasteiger partial charge in [-0.1, -0.05) is 0 Å². The summed E-state index contributed by atoms with van der Waals surface area (Å²) in [6.07, 6.45) is 1.54. The molecule has 0 aromatic heterocycles. The average Bonchev–Trinajstić information content (AvgIpc) is 2.27. The number of thioether (sulfide) groups is 2. The highest BCUT2D eigenvalue weighted by molar-refractivity contribution is 8.08. The van der Waals surface area contributed by atoms with Gasteiger partial charge in [0.2, 0.25) is 0 Å². The Morgan fingerprint density at radius 2 is 2.17 bits per heavy atom. The Hall–Kier alpha value is 0.150. The summed E-state index contributed by atoms with van der Waals surface area (Å²) >= 11 is 3.66. The van der Waals surface area contributed by atoms with E-state index in [9.17, 15) is 13.2 Å². The molecule has 0 bridgehead atoms. The molecular formula is C11H19O4S3+. The van der Waals surface area contributed by atoms with Gasteiger partial charge in [-0.05, 0) is 19.8 Å². The lowest BCUT2D eigenvalue weighted by Crippen LogP contribution is -2.20. The molecule has 0 aromatic rings. The van der Waals surface area contributed by atoms with E-state index in [4.69, 9.17) is 4.55 Å². The molecule has 0 aliphatic carbocycles. The van der Waals surface area contributed by atoms with Crippen molar-refractivity contribution in [3.63, 3.8) is 0 Å². The minimum Gasteiger partial charge on any atom is -0.300 e. The first-order valence-corrected chi connectivity index (χ1v) is 9.64. The molecule has 0 radical (unpaired) electrons. The first-order chi connectivity index (χ1) is 8.38. The van der Waals surface area contributed by atoms with E-state index in [1.54, 1.807) is 18.7 Å². The van der Waals surface area contributed by atoms with Crippen LogP contribution in [0.15, 0.2) is 0 Å². The summed E-state index contributed by atoms with van der Waals surface area (Å²) < 4.78 is 30.1. The van der Waals surface area contributed by atoms with E-state index in [0.717, 1.165) is 17.3 Å². The maximum atomic E-state index is 11.3. The van der Waals surface area contributed by atoms with Gasteiger partial charge in [0.1, 0.15) is 17.5 Å². The Balaban J connectivity index is 2.46. The van der Waals surface area contributed by atoms with Crippen molar-refractivity contribution < 1.29 is 17.8 Å². The highest BCUT2D eigenvalue weighted by Crippen LogP contribution is 2.39. The number of hydrogen-bond acceptors (Lipinski definition) is 5. The van der Waals surface area contributed by atoms with Crippen molar-refractivity contribution in [2.45, 2.75) is 26.2 Å². The van der Waals surface area contributed by atoms with Gasteiger partial charge >= 0.3 is 0 Å². The van der Waals surface area contributed by atoms with Crippen molar-refractivity contribution in [3.05, 3.63) is 5.25 Å². The zero-order valence-corrected chi connectivity index (χ0v) is 12.9. The predicted octanol–water partition coefficient (Wildman–Crippen LogP) is 2.26. The van der Waals surface area contributed by atoms with Gasteiger partial charge in [0.25, 0.3) is 10.1 Å². The van der Waals surface area contributed by atoms with Crippen molar-refractivity contribution in [3.8, 4) is 0 Å². The maximum absolute atomic E-state index is 11.3. The molecule has 1 aliphatic heterocycles. The van der Waals surface area contributed by atoms with Crippen LogP contribution in [0.4, 0.5) is 0 Å². The highest BCUT2D eigenvalue weighted by Gasteiger charge is 2.36. The molecule has 0 saturated carbocycles. The van der Waals surface area contributed by atoms with Crippen molar-refractivity contribution in [1.82, 2.24) is 0 Å². The lowest BCUT2D eigenvalue weighted by atomic mass is 9.94. The quantitative estimate of drug-likeness (QED) is 0.574. The van der Waals surface area contributed by atoms with E-state index in [1.165, 1.54) is 5.25 Å². The van der Waals surface area contributed by atoms with E-state index in [2.05, 4.69) is 0 Å². The van der Waals surface area contributed by atoms with E-state index in [-0.39, 0.29) is 17.5 Å². The van der Waals surface area contributed by atoms with Crippen LogP contribution < -0.4 is 0 Å². The third kappa shape index (κ3) is 6.92. The van der Waals surface area contributed by atoms with Crippen LogP contribution in [0.1, 0.15) is 26.2 Å². The Morgan fingerprint density at radius 1 is 1.44 bits per heavy atom. The Morgan fingerprint density at radius 3 is 2.67 bits per heavy atom. The zero-order valence-electron chi connectivity index (χ0n) is 10.4. The molecule has 4 nitrogen and oxygen atoms in total. The first-order valence-electron chi connectivity index (χ1n) is 5.89. The zero-order chi connectivity index (χ0) is 13.6. The summed E-state index contributed by atoms with van der Waals surface area (Å²) in [7, 11) is -3.89. The predicted molar refractivity (Wildman–Crippen MR) is 77.5 cm³/mol. The maximum Gasteiger partial charge on any atom is 0.264 e. The minimum absolute atomic E-state index is 0.135. The summed E-state index contributed by atoms with van der Waals surface area (Å²) in [5.41, 5.74) is 0. The molecule has 104 valence electrons. The third-order valence-corrected chi connectivity index (χ3v) is 6.21. The topological polar surface area (TPSA) is 71.4 Å². The van der Waals surface area contributed by atoms with Crippen molar-refractivity contribution >= 4 is 39.4 Å². The smallest absolute Gasteiger partial charge is 0.264 e. The molecule has 0 amide bonds. The van der Waals surface area contributed by atoms with Gasteiger partial charge in [-0.3, -0.25) is 9.35 Å². The molecule has 1 aliphatic rings. The molecule has 0 aromatic carbocycles. The monoisotopic (exact) mass is 311 g/mol. The van der Waals surface area contributed by atoms with Gasteiger partial charge in [0.05, 0.1) is 23.9 Å². The molecule has 0 spiro atoms. The van der Waals surface area contributed by atoms with Crippen LogP contribution in [0.3, 0.4) is 0 Å². The van der Waals surface area contributed by atoms with Gasteiger partial charge in [0, 0.05) is 11.5 Å². The summed E-state index contributed by atoms with van der Waals surface area (Å²) in [5.74, 6) is 3.22. The van der Waals surface area contributed by atoms with Gasteiger partial charge in [0.15, 0.2) is 5.25 Å². The summed E-state index contributed by atoms with van der Waals surface area (Å²) in [6, 6.07) is 0. The lowest BCUT2D eigenvalue weighted by molar-refractivity contribution is -0.117. The molecule has 1 atom stereocenters. The van der Waals surface area contributed by atoms with E-state index < -0.39 is 10.1 Å². The van der Waals surface area contributed by atoms with Crippen LogP contribution in [0.5, 0.6) is 0 Å². The molecule has 1 heterocycles. The van der Waals surface area contributed by atoms with Crippen LogP contribution in [-0.2, 0) is 14.9 Å². The number of ketones is 1. The molecule has 18 heavy (non-hydrogen) atoms. The summed E-state index contributed by atoms with van der Waals surface area (Å²) in [6.45, 7) is 1.57. The van der Waals surface area contributed by atoms with Gasteiger partial charge < -0.3 is 0 Å². The van der Waals surface area contributed by atoms with Crippen LogP contribution in [0.2, 0.25) is 0 Å². The summed E-state index contributed by atoms with van der Waals surface area (Å²) in [5, 5.41) is 1.30. The van der Waals surface area contributed by atoms with Crippen LogP contribution in [0, 0.1) is 11.2 Å². The molecule has 1 fully saturated rings. The normalized spacial score (nSPS) is 18.7. The van der Waals surface area contributed by atoms with Gasteiger partial charge in [-0.15, -0.1) is 11.8 Å². The molecule has 1 saturated heterocycles. The largest absolute Gasteiger partial charge is 0.300 e. The molecule has 7 heteroatoms. The van der Waals surface area contributed by atoms with Gasteiger partial charge in [-0.25, -0.2) is 0 Å². The van der Waals surface area contributed by atoms with Crippen molar-refractivity contribution in [2.75, 3.05) is 23.0 Å². The number of carbonyl (C=O) groups is 1. The minimum atomic E-state index is -3.89.